The number of alkyl halides is 3. The predicted octanol–water partition coefficient (Wildman–Crippen LogP) is 5.31. The van der Waals surface area contributed by atoms with Crippen molar-refractivity contribution in [3.63, 3.8) is 0 Å². The Hall–Kier alpha value is -3.86. The number of phenolic OH excluding ortho intramolecular Hbond substituents is 1. The molecule has 7 nitrogen and oxygen atoms in total. The summed E-state index contributed by atoms with van der Waals surface area (Å²) in [7, 11) is 1.50. The zero-order valence-corrected chi connectivity index (χ0v) is 17.2. The Balaban J connectivity index is 1.56. The lowest BCUT2D eigenvalue weighted by Crippen LogP contribution is -2.18. The van der Waals surface area contributed by atoms with Crippen LogP contribution in [0.3, 0.4) is 0 Å². The molecule has 11 heteroatoms. The first-order valence-electron chi connectivity index (χ1n) is 9.16. The molecule has 0 fully saturated rings. The second kappa shape index (κ2) is 8.35. The Bertz CT molecular complexity index is 1310. The third kappa shape index (κ3) is 4.72. The van der Waals surface area contributed by atoms with Gasteiger partial charge in [0.15, 0.2) is 5.13 Å². The van der Waals surface area contributed by atoms with E-state index >= 15 is 0 Å². The van der Waals surface area contributed by atoms with Crippen molar-refractivity contribution in [2.45, 2.75) is 6.18 Å². The van der Waals surface area contributed by atoms with Gasteiger partial charge in [-0.25, -0.2) is 4.98 Å². The number of halogens is 3. The molecule has 0 bridgehead atoms. The molecule has 2 aromatic heterocycles. The number of phenols is 1. The van der Waals surface area contributed by atoms with Gasteiger partial charge in [-0.3, -0.25) is 9.78 Å². The number of carbonyl (C=O) groups is 1. The van der Waals surface area contributed by atoms with Gasteiger partial charge in [-0.2, -0.15) is 13.2 Å². The van der Waals surface area contributed by atoms with Gasteiger partial charge in [-0.1, -0.05) is 11.3 Å². The van der Waals surface area contributed by atoms with Crippen LogP contribution >= 0.6 is 11.3 Å². The van der Waals surface area contributed by atoms with Crippen molar-refractivity contribution in [3.8, 4) is 17.2 Å². The number of aromatic hydroxyl groups is 1. The second-order valence-corrected chi connectivity index (χ2v) is 7.63. The molecule has 3 N–H and O–H groups in total. The minimum Gasteiger partial charge on any atom is -0.508 e. The van der Waals surface area contributed by atoms with Crippen LogP contribution in [0.2, 0.25) is 0 Å². The van der Waals surface area contributed by atoms with Crippen molar-refractivity contribution in [2.75, 3.05) is 12.4 Å². The lowest BCUT2D eigenvalue weighted by molar-refractivity contribution is -0.137. The summed E-state index contributed by atoms with van der Waals surface area (Å²) in [5.41, 5.74) is -0.0850. The number of carbonyl (C=O) groups excluding carboxylic acids is 1. The summed E-state index contributed by atoms with van der Waals surface area (Å²) in [4.78, 5) is 20.0. The molecule has 2 aromatic carbocycles. The first-order chi connectivity index (χ1) is 15.2. The smallest absolute Gasteiger partial charge is 0.416 e. The Kier molecular flexibility index (Phi) is 5.57. The highest BCUT2D eigenvalue weighted by molar-refractivity contribution is 7.22. The highest BCUT2D eigenvalue weighted by Gasteiger charge is 2.31. The molecule has 0 unspecified atom stereocenters. The molecule has 4 rings (SSSR count). The van der Waals surface area contributed by atoms with E-state index in [1.807, 2.05) is 0 Å². The highest BCUT2D eigenvalue weighted by atomic mass is 32.1. The maximum absolute atomic E-state index is 13.0. The molecule has 164 valence electrons. The van der Waals surface area contributed by atoms with Gasteiger partial charge in [0.25, 0.3) is 5.91 Å². The fraction of sp³-hybridized carbons (Fsp3) is 0.0952. The van der Waals surface area contributed by atoms with Gasteiger partial charge in [-0.15, -0.1) is 0 Å². The molecule has 0 spiro atoms. The molecule has 0 radical (unpaired) electrons. The monoisotopic (exact) mass is 460 g/mol. The predicted molar refractivity (Wildman–Crippen MR) is 114 cm³/mol. The molecule has 4 aromatic rings. The highest BCUT2D eigenvalue weighted by Crippen LogP contribution is 2.36. The first kappa shape index (κ1) is 21.4. The number of amides is 1. The molecule has 32 heavy (non-hydrogen) atoms. The quantitative estimate of drug-likeness (QED) is 0.374. The van der Waals surface area contributed by atoms with E-state index in [0.717, 1.165) is 10.8 Å². The third-order valence-corrected chi connectivity index (χ3v) is 5.22. The lowest BCUT2D eigenvalue weighted by atomic mass is 10.2. The number of nitrogens with one attached hydrogen (secondary N) is 2. The number of benzene rings is 2. The van der Waals surface area contributed by atoms with Crippen LogP contribution in [0.4, 0.5) is 24.0 Å². The number of fused-ring (bicyclic) bond motifs is 1. The summed E-state index contributed by atoms with van der Waals surface area (Å²) < 4.78 is 45.4. The van der Waals surface area contributed by atoms with Crippen molar-refractivity contribution >= 4 is 38.3 Å². The van der Waals surface area contributed by atoms with E-state index in [1.54, 1.807) is 24.3 Å². The summed E-state index contributed by atoms with van der Waals surface area (Å²) in [5.74, 6) is 0.0519. The minimum atomic E-state index is -4.58. The normalized spacial score (nSPS) is 11.4. The van der Waals surface area contributed by atoms with E-state index in [0.29, 0.717) is 28.2 Å². The van der Waals surface area contributed by atoms with Gasteiger partial charge in [0.05, 0.1) is 15.8 Å². The average molecular weight is 460 g/mol. The van der Waals surface area contributed by atoms with Crippen LogP contribution < -0.4 is 15.4 Å². The van der Waals surface area contributed by atoms with Crippen LogP contribution in [-0.4, -0.2) is 28.0 Å². The number of hydrogen-bond donors (Lipinski definition) is 3. The number of hydrogen-bond acceptors (Lipinski definition) is 7. The summed E-state index contributed by atoms with van der Waals surface area (Å²) in [5, 5.41) is 15.2. The zero-order chi connectivity index (χ0) is 22.9. The van der Waals surface area contributed by atoms with Gasteiger partial charge in [-0.05, 0) is 30.3 Å². The van der Waals surface area contributed by atoms with E-state index in [-0.39, 0.29) is 17.3 Å². The zero-order valence-electron chi connectivity index (χ0n) is 16.4. The molecular formula is C21H15F3N4O3S. The molecule has 0 aliphatic heterocycles. The molecule has 0 aliphatic rings. The van der Waals surface area contributed by atoms with Crippen LogP contribution in [-0.2, 0) is 6.18 Å². The molecule has 0 saturated heterocycles. The molecule has 1 amide bonds. The van der Waals surface area contributed by atoms with Crippen LogP contribution in [0, 0.1) is 0 Å². The van der Waals surface area contributed by atoms with Crippen molar-refractivity contribution in [1.29, 1.82) is 0 Å². The average Bonchev–Trinajstić information content (AvgIpc) is 3.13. The van der Waals surface area contributed by atoms with Crippen LogP contribution in [0.5, 0.6) is 17.2 Å². The summed E-state index contributed by atoms with van der Waals surface area (Å²) in [6, 6.07) is 11.0. The van der Waals surface area contributed by atoms with Gasteiger partial charge in [0.2, 0.25) is 0 Å². The van der Waals surface area contributed by atoms with Crippen LogP contribution in [0.15, 0.2) is 54.7 Å². The standard InChI is InChI=1S/C21H15F3N4O3S/c1-25-19(30)17-9-15(4-5-26-17)31-14-2-3-16-18(10-14)32-20(28-16)27-12-6-11(21(22,23)24)7-13(29)8-12/h2-10,29H,1H3,(H,25,30)(H,27,28). The Morgan fingerprint density at radius 3 is 2.62 bits per heavy atom. The molecule has 2 heterocycles. The van der Waals surface area contributed by atoms with Crippen LogP contribution in [0.25, 0.3) is 10.2 Å². The van der Waals surface area contributed by atoms with E-state index in [9.17, 15) is 23.1 Å². The van der Waals surface area contributed by atoms with Gasteiger partial charge in [0.1, 0.15) is 22.9 Å². The molecular weight excluding hydrogens is 445 g/mol. The number of aromatic nitrogens is 2. The second-order valence-electron chi connectivity index (χ2n) is 6.60. The van der Waals surface area contributed by atoms with Crippen molar-refractivity contribution < 1.29 is 27.8 Å². The van der Waals surface area contributed by atoms with Crippen molar-refractivity contribution in [3.05, 3.63) is 66.0 Å². The molecule has 0 atom stereocenters. The SMILES string of the molecule is CNC(=O)c1cc(Oc2ccc3nc(Nc4cc(O)cc(C(F)(F)F)c4)sc3c2)ccn1. The van der Waals surface area contributed by atoms with Gasteiger partial charge in [0, 0.05) is 37.1 Å². The molecule has 0 aliphatic carbocycles. The van der Waals surface area contributed by atoms with E-state index in [1.165, 1.54) is 36.7 Å². The number of anilines is 2. The van der Waals surface area contributed by atoms with Gasteiger partial charge < -0.3 is 20.5 Å². The fourth-order valence-electron chi connectivity index (χ4n) is 2.86. The van der Waals surface area contributed by atoms with Gasteiger partial charge >= 0.3 is 6.18 Å². The summed E-state index contributed by atoms with van der Waals surface area (Å²) in [6.45, 7) is 0. The number of ether oxygens (including phenoxy) is 1. The number of rotatable bonds is 5. The van der Waals surface area contributed by atoms with E-state index < -0.39 is 17.5 Å². The Labute approximate surface area is 183 Å². The topological polar surface area (TPSA) is 96.4 Å². The van der Waals surface area contributed by atoms with Crippen molar-refractivity contribution in [1.82, 2.24) is 15.3 Å². The maximum Gasteiger partial charge on any atom is 0.416 e. The number of pyridine rings is 1. The number of nitrogens with zero attached hydrogens (tertiary/aromatic N) is 2. The Morgan fingerprint density at radius 1 is 1.09 bits per heavy atom. The minimum absolute atomic E-state index is 0.0615. The van der Waals surface area contributed by atoms with E-state index in [2.05, 4.69) is 20.6 Å². The summed E-state index contributed by atoms with van der Waals surface area (Å²) >= 11 is 1.21. The van der Waals surface area contributed by atoms with Crippen LogP contribution in [0.1, 0.15) is 16.1 Å². The van der Waals surface area contributed by atoms with Crippen molar-refractivity contribution in [2.24, 2.45) is 0 Å². The van der Waals surface area contributed by atoms with E-state index in [4.69, 9.17) is 4.74 Å². The largest absolute Gasteiger partial charge is 0.508 e. The summed E-state index contributed by atoms with van der Waals surface area (Å²) in [6.07, 6.45) is -3.13. The Morgan fingerprint density at radius 2 is 1.88 bits per heavy atom. The maximum atomic E-state index is 13.0. The fourth-order valence-corrected chi connectivity index (χ4v) is 3.77. The number of thiazole rings is 1. The molecule has 0 saturated carbocycles. The first-order valence-corrected chi connectivity index (χ1v) is 9.98. The third-order valence-electron chi connectivity index (χ3n) is 4.28. The lowest BCUT2D eigenvalue weighted by Gasteiger charge is -2.10.